The SMILES string of the molecule is C1=CC2CCCC2C1.CC. The van der Waals surface area contributed by atoms with Gasteiger partial charge in [-0.3, -0.25) is 0 Å². The van der Waals surface area contributed by atoms with Crippen molar-refractivity contribution in [3.63, 3.8) is 0 Å². The van der Waals surface area contributed by atoms with Crippen LogP contribution in [0.1, 0.15) is 39.5 Å². The summed E-state index contributed by atoms with van der Waals surface area (Å²) in [6.45, 7) is 4.00. The predicted octanol–water partition coefficient (Wildman–Crippen LogP) is 3.39. The van der Waals surface area contributed by atoms with Gasteiger partial charge in [0, 0.05) is 0 Å². The first-order chi connectivity index (χ1) is 4.97. The quantitative estimate of drug-likeness (QED) is 0.450. The Kier molecular flexibility index (Phi) is 2.98. The van der Waals surface area contributed by atoms with Crippen LogP contribution in [0.15, 0.2) is 12.2 Å². The zero-order valence-corrected chi connectivity index (χ0v) is 7.14. The van der Waals surface area contributed by atoms with Crippen molar-refractivity contribution in [2.45, 2.75) is 39.5 Å². The highest BCUT2D eigenvalue weighted by Crippen LogP contribution is 2.39. The van der Waals surface area contributed by atoms with E-state index >= 15 is 0 Å². The summed E-state index contributed by atoms with van der Waals surface area (Å²) in [6.07, 6.45) is 10.6. The molecule has 1 saturated carbocycles. The minimum Gasteiger partial charge on any atom is -0.0880 e. The second-order valence-electron chi connectivity index (χ2n) is 3.02. The largest absolute Gasteiger partial charge is 0.0880 e. The van der Waals surface area contributed by atoms with Gasteiger partial charge in [0.05, 0.1) is 0 Å². The van der Waals surface area contributed by atoms with Gasteiger partial charge >= 0.3 is 0 Å². The standard InChI is InChI=1S/C8H12.C2H6/c1-3-7-5-2-6-8(7)4-1;1-2/h1,3,7-8H,2,4-6H2;1-2H3. The Morgan fingerprint density at radius 1 is 1.20 bits per heavy atom. The molecule has 2 unspecified atom stereocenters. The van der Waals surface area contributed by atoms with Gasteiger partial charge < -0.3 is 0 Å². The van der Waals surface area contributed by atoms with E-state index in [1.807, 2.05) is 13.8 Å². The van der Waals surface area contributed by atoms with Gasteiger partial charge in [-0.1, -0.05) is 32.4 Å². The van der Waals surface area contributed by atoms with Crippen LogP contribution in [0.5, 0.6) is 0 Å². The summed E-state index contributed by atoms with van der Waals surface area (Å²) >= 11 is 0. The fourth-order valence-electron chi connectivity index (χ4n) is 2.04. The lowest BCUT2D eigenvalue weighted by atomic mass is 10.0. The minimum absolute atomic E-state index is 0.995. The molecule has 0 heteroatoms. The average molecular weight is 138 g/mol. The van der Waals surface area contributed by atoms with E-state index < -0.39 is 0 Å². The van der Waals surface area contributed by atoms with E-state index in [1.54, 1.807) is 0 Å². The maximum Gasteiger partial charge on any atom is -0.0202 e. The summed E-state index contributed by atoms with van der Waals surface area (Å²) in [7, 11) is 0. The summed E-state index contributed by atoms with van der Waals surface area (Å²) in [5.74, 6) is 2.06. The lowest BCUT2D eigenvalue weighted by molar-refractivity contribution is 0.496. The summed E-state index contributed by atoms with van der Waals surface area (Å²) < 4.78 is 0. The summed E-state index contributed by atoms with van der Waals surface area (Å²) in [5, 5.41) is 0. The summed E-state index contributed by atoms with van der Waals surface area (Å²) in [6, 6.07) is 0. The van der Waals surface area contributed by atoms with Crippen molar-refractivity contribution in [2.24, 2.45) is 11.8 Å². The third-order valence-corrected chi connectivity index (χ3v) is 2.54. The topological polar surface area (TPSA) is 0 Å². The molecule has 0 nitrogen and oxygen atoms in total. The number of hydrogen-bond acceptors (Lipinski definition) is 0. The number of fused-ring (bicyclic) bond motifs is 1. The van der Waals surface area contributed by atoms with Crippen LogP contribution in [0.4, 0.5) is 0 Å². The predicted molar refractivity (Wildman–Crippen MR) is 45.9 cm³/mol. The van der Waals surface area contributed by atoms with Gasteiger partial charge in [0.25, 0.3) is 0 Å². The molecular formula is C10H18. The van der Waals surface area contributed by atoms with E-state index in [0.717, 1.165) is 11.8 Å². The number of allylic oxidation sites excluding steroid dienone is 2. The molecule has 2 rings (SSSR count). The first-order valence-electron chi connectivity index (χ1n) is 4.63. The zero-order valence-electron chi connectivity index (χ0n) is 7.14. The third-order valence-electron chi connectivity index (χ3n) is 2.54. The smallest absolute Gasteiger partial charge is 0.0202 e. The molecule has 0 spiro atoms. The molecule has 0 saturated heterocycles. The van der Waals surface area contributed by atoms with Crippen molar-refractivity contribution >= 4 is 0 Å². The highest BCUT2D eigenvalue weighted by Gasteiger charge is 2.26. The first-order valence-corrected chi connectivity index (χ1v) is 4.63. The van der Waals surface area contributed by atoms with Gasteiger partial charge in [-0.25, -0.2) is 0 Å². The number of hydrogen-bond donors (Lipinski definition) is 0. The molecular weight excluding hydrogens is 120 g/mol. The molecule has 0 aromatic rings. The molecule has 0 radical (unpaired) electrons. The van der Waals surface area contributed by atoms with Crippen molar-refractivity contribution in [1.29, 1.82) is 0 Å². The second-order valence-corrected chi connectivity index (χ2v) is 3.02. The molecule has 0 aromatic heterocycles. The first kappa shape index (κ1) is 7.84. The zero-order chi connectivity index (χ0) is 7.40. The van der Waals surface area contributed by atoms with Gasteiger partial charge in [0.1, 0.15) is 0 Å². The molecule has 0 aromatic carbocycles. The molecule has 2 atom stereocenters. The van der Waals surface area contributed by atoms with Crippen LogP contribution in [0.3, 0.4) is 0 Å². The molecule has 0 heterocycles. The fraction of sp³-hybridized carbons (Fsp3) is 0.800. The molecule has 10 heavy (non-hydrogen) atoms. The third kappa shape index (κ3) is 1.42. The lowest BCUT2D eigenvalue weighted by Crippen LogP contribution is -1.96. The second kappa shape index (κ2) is 3.80. The normalized spacial score (nSPS) is 35.0. The van der Waals surface area contributed by atoms with Crippen molar-refractivity contribution in [1.82, 2.24) is 0 Å². The average Bonchev–Trinajstić information content (AvgIpc) is 2.49. The highest BCUT2D eigenvalue weighted by atomic mass is 14.3. The van der Waals surface area contributed by atoms with Crippen LogP contribution in [0, 0.1) is 11.8 Å². The van der Waals surface area contributed by atoms with Crippen LogP contribution < -0.4 is 0 Å². The fourth-order valence-corrected chi connectivity index (χ4v) is 2.04. The van der Waals surface area contributed by atoms with E-state index in [1.165, 1.54) is 25.7 Å². The maximum atomic E-state index is 2.41. The van der Waals surface area contributed by atoms with Crippen LogP contribution in [-0.4, -0.2) is 0 Å². The Morgan fingerprint density at radius 3 is 2.70 bits per heavy atom. The monoisotopic (exact) mass is 138 g/mol. The maximum absolute atomic E-state index is 2.41. The lowest BCUT2D eigenvalue weighted by Gasteiger charge is -2.04. The molecule has 2 aliphatic carbocycles. The summed E-state index contributed by atoms with van der Waals surface area (Å²) in [5.41, 5.74) is 0. The van der Waals surface area contributed by atoms with Crippen molar-refractivity contribution in [3.8, 4) is 0 Å². The van der Waals surface area contributed by atoms with Crippen molar-refractivity contribution < 1.29 is 0 Å². The molecule has 1 fully saturated rings. The van der Waals surface area contributed by atoms with E-state index in [2.05, 4.69) is 12.2 Å². The van der Waals surface area contributed by atoms with Crippen LogP contribution >= 0.6 is 0 Å². The molecule has 2 aliphatic rings. The highest BCUT2D eigenvalue weighted by molar-refractivity contribution is 5.03. The van der Waals surface area contributed by atoms with Gasteiger partial charge in [-0.05, 0) is 31.1 Å². The Balaban J connectivity index is 0.000000231. The molecule has 0 bridgehead atoms. The van der Waals surface area contributed by atoms with Crippen LogP contribution in [-0.2, 0) is 0 Å². The Hall–Kier alpha value is -0.260. The van der Waals surface area contributed by atoms with Crippen molar-refractivity contribution in [2.75, 3.05) is 0 Å². The molecule has 58 valence electrons. The van der Waals surface area contributed by atoms with Gasteiger partial charge in [-0.2, -0.15) is 0 Å². The Bertz CT molecular complexity index is 113. The van der Waals surface area contributed by atoms with Crippen molar-refractivity contribution in [3.05, 3.63) is 12.2 Å². The van der Waals surface area contributed by atoms with Crippen LogP contribution in [0.2, 0.25) is 0 Å². The van der Waals surface area contributed by atoms with E-state index in [0.29, 0.717) is 0 Å². The van der Waals surface area contributed by atoms with E-state index in [9.17, 15) is 0 Å². The molecule has 0 N–H and O–H groups in total. The Labute approximate surface area is 64.3 Å². The molecule has 0 amide bonds. The van der Waals surface area contributed by atoms with Gasteiger partial charge in [-0.15, -0.1) is 0 Å². The minimum atomic E-state index is 0.995. The van der Waals surface area contributed by atoms with Crippen LogP contribution in [0.25, 0.3) is 0 Å². The van der Waals surface area contributed by atoms with E-state index in [4.69, 9.17) is 0 Å². The Morgan fingerprint density at radius 2 is 2.00 bits per heavy atom. The molecule has 0 aliphatic heterocycles. The van der Waals surface area contributed by atoms with E-state index in [-0.39, 0.29) is 0 Å². The van der Waals surface area contributed by atoms with Gasteiger partial charge in [0.2, 0.25) is 0 Å². The number of rotatable bonds is 0. The summed E-state index contributed by atoms with van der Waals surface area (Å²) in [4.78, 5) is 0. The van der Waals surface area contributed by atoms with Gasteiger partial charge in [0.15, 0.2) is 0 Å².